The van der Waals surface area contributed by atoms with E-state index in [1.165, 1.54) is 52.6 Å². The SMILES string of the molecule is COC(c1cccc(-c2ccc3c(c2)C(C)(C)CCC3(C)C)n1)(c1cccc(-c2ccc3c(c2)C(C)(C)CCC3(C)C)n1)c1cccc(-c2ccc3c(c2)C(C)(C)CCC3(C)C)n1. The monoisotopic (exact) mass is 836 g/mol. The molecule has 0 saturated carbocycles. The molecule has 3 aromatic heterocycles. The van der Waals surface area contributed by atoms with Gasteiger partial charge < -0.3 is 4.74 Å². The molecule has 63 heavy (non-hydrogen) atoms. The molecule has 3 aromatic carbocycles. The zero-order valence-corrected chi connectivity index (χ0v) is 40.4. The molecular formula is C59H69N3O. The van der Waals surface area contributed by atoms with Crippen molar-refractivity contribution >= 4 is 0 Å². The molecule has 0 unspecified atom stereocenters. The molecule has 0 bridgehead atoms. The highest BCUT2D eigenvalue weighted by molar-refractivity contribution is 5.67. The molecule has 4 heteroatoms. The van der Waals surface area contributed by atoms with Gasteiger partial charge in [0.2, 0.25) is 0 Å². The number of benzene rings is 3. The van der Waals surface area contributed by atoms with Crippen molar-refractivity contribution in [3.63, 3.8) is 0 Å². The molecule has 3 aliphatic carbocycles. The molecule has 0 amide bonds. The van der Waals surface area contributed by atoms with E-state index >= 15 is 0 Å². The van der Waals surface area contributed by atoms with Gasteiger partial charge in [-0.05, 0) is 159 Å². The van der Waals surface area contributed by atoms with Crippen LogP contribution in [0.3, 0.4) is 0 Å². The van der Waals surface area contributed by atoms with Crippen LogP contribution in [-0.2, 0) is 42.8 Å². The Bertz CT molecular complexity index is 2450. The quantitative estimate of drug-likeness (QED) is 0.161. The molecule has 9 rings (SSSR count). The summed E-state index contributed by atoms with van der Waals surface area (Å²) in [6, 6.07) is 40.0. The third-order valence-electron chi connectivity index (χ3n) is 16.1. The lowest BCUT2D eigenvalue weighted by Crippen LogP contribution is -2.35. The highest BCUT2D eigenvalue weighted by Crippen LogP contribution is 2.50. The summed E-state index contributed by atoms with van der Waals surface area (Å²) in [6.45, 7) is 28.6. The fraction of sp³-hybridized carbons (Fsp3) is 0.441. The predicted octanol–water partition coefficient (Wildman–Crippen LogP) is 14.9. The number of nitrogens with zero attached hydrogens (tertiary/aromatic N) is 3. The fourth-order valence-electron chi connectivity index (χ4n) is 11.3. The lowest BCUT2D eigenvalue weighted by molar-refractivity contribution is 0.0477. The molecule has 0 fully saturated rings. The van der Waals surface area contributed by atoms with Crippen LogP contribution in [0.2, 0.25) is 0 Å². The van der Waals surface area contributed by atoms with E-state index in [-0.39, 0.29) is 32.5 Å². The summed E-state index contributed by atoms with van der Waals surface area (Å²) in [7, 11) is 1.79. The summed E-state index contributed by atoms with van der Waals surface area (Å²) < 4.78 is 6.93. The van der Waals surface area contributed by atoms with Crippen molar-refractivity contribution in [3.8, 4) is 33.8 Å². The Morgan fingerprint density at radius 1 is 0.349 bits per heavy atom. The van der Waals surface area contributed by atoms with Crippen molar-refractivity contribution in [2.45, 2.75) is 160 Å². The Kier molecular flexibility index (Phi) is 10.2. The first kappa shape index (κ1) is 43.3. The minimum atomic E-state index is -1.23. The summed E-state index contributed by atoms with van der Waals surface area (Å²) in [5.41, 5.74) is 16.2. The van der Waals surface area contributed by atoms with Crippen LogP contribution in [-0.4, -0.2) is 22.1 Å². The molecule has 0 atom stereocenters. The lowest BCUT2D eigenvalue weighted by Gasteiger charge is -2.42. The summed E-state index contributed by atoms with van der Waals surface area (Å²) in [4.78, 5) is 16.7. The normalized spacial score (nSPS) is 20.0. The van der Waals surface area contributed by atoms with E-state index < -0.39 is 5.60 Å². The van der Waals surface area contributed by atoms with Crippen LogP contribution in [0, 0.1) is 0 Å². The first-order valence-corrected chi connectivity index (χ1v) is 23.5. The Balaban J connectivity index is 1.23. The molecule has 326 valence electrons. The highest BCUT2D eigenvalue weighted by atomic mass is 16.5. The van der Waals surface area contributed by atoms with Crippen molar-refractivity contribution in [1.82, 2.24) is 15.0 Å². The van der Waals surface area contributed by atoms with E-state index in [1.54, 1.807) is 7.11 Å². The Morgan fingerprint density at radius 3 is 0.857 bits per heavy atom. The third kappa shape index (κ3) is 7.29. The second-order valence-electron chi connectivity index (χ2n) is 23.2. The molecular weight excluding hydrogens is 767 g/mol. The number of ether oxygens (including phenoxy) is 1. The molecule has 0 spiro atoms. The first-order valence-electron chi connectivity index (χ1n) is 23.5. The predicted molar refractivity (Wildman–Crippen MR) is 262 cm³/mol. The van der Waals surface area contributed by atoms with Crippen LogP contribution in [0.5, 0.6) is 0 Å². The van der Waals surface area contributed by atoms with Crippen LogP contribution in [0.25, 0.3) is 33.8 Å². The largest absolute Gasteiger partial charge is 0.359 e. The molecule has 0 N–H and O–H groups in total. The number of pyridine rings is 3. The zero-order chi connectivity index (χ0) is 45.0. The molecule has 3 heterocycles. The second-order valence-corrected chi connectivity index (χ2v) is 23.2. The maximum Gasteiger partial charge on any atom is 0.193 e. The van der Waals surface area contributed by atoms with Crippen LogP contribution in [0.1, 0.15) is 172 Å². The maximum atomic E-state index is 6.93. The zero-order valence-electron chi connectivity index (χ0n) is 40.4. The van der Waals surface area contributed by atoms with Gasteiger partial charge in [0.05, 0.1) is 34.2 Å². The molecule has 6 aromatic rings. The van der Waals surface area contributed by atoms with E-state index in [2.05, 4.69) is 192 Å². The summed E-state index contributed by atoms with van der Waals surface area (Å²) in [6.07, 6.45) is 6.99. The van der Waals surface area contributed by atoms with Gasteiger partial charge in [-0.15, -0.1) is 0 Å². The Labute approximate surface area is 378 Å². The van der Waals surface area contributed by atoms with E-state index in [0.717, 1.165) is 70.1 Å². The average Bonchev–Trinajstić information content (AvgIpc) is 3.26. The Hall–Kier alpha value is -4.93. The van der Waals surface area contributed by atoms with E-state index in [4.69, 9.17) is 19.7 Å². The minimum Gasteiger partial charge on any atom is -0.359 e. The van der Waals surface area contributed by atoms with Crippen molar-refractivity contribution in [2.75, 3.05) is 7.11 Å². The minimum absolute atomic E-state index is 0.0762. The van der Waals surface area contributed by atoms with Crippen molar-refractivity contribution < 1.29 is 4.74 Å². The average molecular weight is 836 g/mol. The van der Waals surface area contributed by atoms with Crippen molar-refractivity contribution in [3.05, 3.63) is 160 Å². The number of hydrogen-bond donors (Lipinski definition) is 0. The van der Waals surface area contributed by atoms with Gasteiger partial charge in [0, 0.05) is 23.8 Å². The Morgan fingerprint density at radius 2 is 0.603 bits per heavy atom. The molecule has 4 nitrogen and oxygen atoms in total. The van der Waals surface area contributed by atoms with Crippen molar-refractivity contribution in [1.29, 1.82) is 0 Å². The van der Waals surface area contributed by atoms with Gasteiger partial charge >= 0.3 is 0 Å². The molecule has 0 radical (unpaired) electrons. The van der Waals surface area contributed by atoms with Crippen LogP contribution in [0.15, 0.2) is 109 Å². The molecule has 3 aliphatic rings. The number of rotatable bonds is 7. The number of aromatic nitrogens is 3. The smallest absolute Gasteiger partial charge is 0.193 e. The van der Waals surface area contributed by atoms with Crippen LogP contribution >= 0.6 is 0 Å². The number of hydrogen-bond acceptors (Lipinski definition) is 4. The standard InChI is InChI=1S/C59H69N3O/c1-53(2)29-32-56(7,8)44-35-38(23-26-41(44)53)47-17-14-20-50(60-47)59(63-13,51-21-15-18-48(61-51)39-24-27-42-45(36-39)57(9,10)33-30-54(42,3)4)52-22-16-19-49(62-52)40-25-28-43-46(37-40)58(11,12)34-31-55(43,5)6/h14-28,35-37H,29-34H2,1-13H3. The van der Waals surface area contributed by atoms with Gasteiger partial charge in [-0.25, -0.2) is 15.0 Å². The highest BCUT2D eigenvalue weighted by Gasteiger charge is 2.44. The third-order valence-corrected chi connectivity index (χ3v) is 16.1. The summed E-state index contributed by atoms with van der Waals surface area (Å²) >= 11 is 0. The summed E-state index contributed by atoms with van der Waals surface area (Å²) in [5.74, 6) is 0. The lowest BCUT2D eigenvalue weighted by atomic mass is 9.63. The number of fused-ring (bicyclic) bond motifs is 3. The first-order chi connectivity index (χ1) is 29.6. The van der Waals surface area contributed by atoms with Gasteiger partial charge in [0.15, 0.2) is 5.60 Å². The van der Waals surface area contributed by atoms with Gasteiger partial charge in [0.25, 0.3) is 0 Å². The van der Waals surface area contributed by atoms with Crippen LogP contribution < -0.4 is 0 Å². The van der Waals surface area contributed by atoms with Gasteiger partial charge in [-0.3, -0.25) is 0 Å². The van der Waals surface area contributed by atoms with Gasteiger partial charge in [-0.1, -0.05) is 138 Å². The van der Waals surface area contributed by atoms with Crippen molar-refractivity contribution in [2.24, 2.45) is 0 Å². The van der Waals surface area contributed by atoms with E-state index in [9.17, 15) is 0 Å². The molecule has 0 saturated heterocycles. The van der Waals surface area contributed by atoms with E-state index in [1.807, 2.05) is 0 Å². The van der Waals surface area contributed by atoms with E-state index in [0.29, 0.717) is 0 Å². The second kappa shape index (κ2) is 14.8. The topological polar surface area (TPSA) is 47.9 Å². The van der Waals surface area contributed by atoms with Gasteiger partial charge in [0.1, 0.15) is 0 Å². The summed E-state index contributed by atoms with van der Waals surface area (Å²) in [5, 5.41) is 0. The van der Waals surface area contributed by atoms with Gasteiger partial charge in [-0.2, -0.15) is 0 Å². The fourth-order valence-corrected chi connectivity index (χ4v) is 11.3. The maximum absolute atomic E-state index is 6.93. The number of methoxy groups -OCH3 is 1. The molecule has 0 aliphatic heterocycles. The van der Waals surface area contributed by atoms with Crippen LogP contribution in [0.4, 0.5) is 0 Å².